The molecule has 0 bridgehead atoms. The summed E-state index contributed by atoms with van der Waals surface area (Å²) >= 11 is 5.93. The lowest BCUT2D eigenvalue weighted by atomic mass is 9.83. The van der Waals surface area contributed by atoms with Crippen LogP contribution >= 0.6 is 11.6 Å². The van der Waals surface area contributed by atoms with Crippen molar-refractivity contribution in [2.75, 3.05) is 17.2 Å². The fourth-order valence-electron chi connectivity index (χ4n) is 2.96. The maximum Gasteiger partial charge on any atom is 0.149 e. The zero-order chi connectivity index (χ0) is 11.7. The van der Waals surface area contributed by atoms with Crippen LogP contribution in [0.2, 0.25) is 5.02 Å². The molecule has 1 aliphatic carbocycles. The van der Waals surface area contributed by atoms with Crippen molar-refractivity contribution in [3.8, 4) is 0 Å². The minimum absolute atomic E-state index is 0.525. The number of fused-ring (bicyclic) bond motifs is 1. The average Bonchev–Trinajstić information content (AvgIpc) is 2.39. The van der Waals surface area contributed by atoms with Crippen LogP contribution in [-0.4, -0.2) is 17.6 Å². The largest absolute Gasteiger partial charge is 0.380 e. The Hall–Kier alpha value is -0.960. The lowest BCUT2D eigenvalue weighted by molar-refractivity contribution is 0.321. The van der Waals surface area contributed by atoms with Gasteiger partial charge >= 0.3 is 0 Å². The van der Waals surface area contributed by atoms with Crippen molar-refractivity contribution in [2.24, 2.45) is 5.92 Å². The second kappa shape index (κ2) is 4.73. The van der Waals surface area contributed by atoms with E-state index in [1.54, 1.807) is 6.20 Å². The number of pyridine rings is 1. The Labute approximate surface area is 107 Å². The highest BCUT2D eigenvalue weighted by Crippen LogP contribution is 2.33. The van der Waals surface area contributed by atoms with Crippen molar-refractivity contribution in [1.29, 1.82) is 0 Å². The van der Waals surface area contributed by atoms with Crippen LogP contribution in [0.3, 0.4) is 0 Å². The van der Waals surface area contributed by atoms with Crippen LogP contribution in [-0.2, 0) is 0 Å². The first kappa shape index (κ1) is 11.1. The Bertz CT molecular complexity index is 402. The van der Waals surface area contributed by atoms with Gasteiger partial charge in [0.15, 0.2) is 0 Å². The van der Waals surface area contributed by atoms with Gasteiger partial charge in [0.2, 0.25) is 0 Å². The molecule has 1 saturated carbocycles. The van der Waals surface area contributed by atoms with E-state index in [0.29, 0.717) is 11.1 Å². The molecule has 3 nitrogen and oxygen atoms in total. The maximum atomic E-state index is 5.93. The zero-order valence-electron chi connectivity index (χ0n) is 9.88. The zero-order valence-corrected chi connectivity index (χ0v) is 10.6. The van der Waals surface area contributed by atoms with Gasteiger partial charge in [0.25, 0.3) is 0 Å². The van der Waals surface area contributed by atoms with Crippen molar-refractivity contribution in [1.82, 2.24) is 4.98 Å². The topological polar surface area (TPSA) is 37.0 Å². The van der Waals surface area contributed by atoms with Crippen LogP contribution in [0, 0.1) is 5.92 Å². The van der Waals surface area contributed by atoms with E-state index in [1.165, 1.54) is 32.1 Å². The van der Waals surface area contributed by atoms with Gasteiger partial charge in [-0.1, -0.05) is 30.9 Å². The lowest BCUT2D eigenvalue weighted by Crippen LogP contribution is -2.40. The fourth-order valence-corrected chi connectivity index (χ4v) is 3.11. The van der Waals surface area contributed by atoms with Crippen LogP contribution in [0.25, 0.3) is 0 Å². The minimum Gasteiger partial charge on any atom is -0.380 e. The summed E-state index contributed by atoms with van der Waals surface area (Å²) in [6, 6.07) is 2.46. The molecule has 0 amide bonds. The van der Waals surface area contributed by atoms with E-state index in [2.05, 4.69) is 15.6 Å². The van der Waals surface area contributed by atoms with E-state index >= 15 is 0 Å². The molecule has 2 heterocycles. The molecular weight excluding hydrogens is 234 g/mol. The fraction of sp³-hybridized carbons (Fsp3) is 0.615. The first-order valence-corrected chi connectivity index (χ1v) is 6.87. The second-order valence-corrected chi connectivity index (χ2v) is 5.52. The Morgan fingerprint density at radius 2 is 2.06 bits per heavy atom. The molecule has 4 heteroatoms. The average molecular weight is 252 g/mol. The predicted octanol–water partition coefficient (Wildman–Crippen LogP) is 3.52. The summed E-state index contributed by atoms with van der Waals surface area (Å²) < 4.78 is 0. The minimum atomic E-state index is 0.525. The molecule has 1 fully saturated rings. The number of hydrogen-bond acceptors (Lipinski definition) is 3. The van der Waals surface area contributed by atoms with E-state index in [-0.39, 0.29) is 0 Å². The van der Waals surface area contributed by atoms with E-state index in [1.807, 2.05) is 6.07 Å². The quantitative estimate of drug-likeness (QED) is 0.802. The molecule has 0 spiro atoms. The Kier molecular flexibility index (Phi) is 3.10. The van der Waals surface area contributed by atoms with E-state index in [9.17, 15) is 0 Å². The molecule has 1 atom stereocenters. The number of nitrogens with one attached hydrogen (secondary N) is 2. The first-order chi connectivity index (χ1) is 8.33. The van der Waals surface area contributed by atoms with Gasteiger partial charge in [0, 0.05) is 18.8 Å². The summed E-state index contributed by atoms with van der Waals surface area (Å²) in [5, 5.41) is 7.69. The third kappa shape index (κ3) is 2.34. The van der Waals surface area contributed by atoms with Crippen LogP contribution < -0.4 is 10.6 Å². The van der Waals surface area contributed by atoms with Crippen molar-refractivity contribution in [3.63, 3.8) is 0 Å². The van der Waals surface area contributed by atoms with Crippen molar-refractivity contribution >= 4 is 23.1 Å². The molecule has 1 unspecified atom stereocenters. The van der Waals surface area contributed by atoms with Gasteiger partial charge in [0.1, 0.15) is 5.82 Å². The van der Waals surface area contributed by atoms with Crippen LogP contribution in [0.5, 0.6) is 0 Å². The summed E-state index contributed by atoms with van der Waals surface area (Å²) in [6.45, 7) is 0.986. The lowest BCUT2D eigenvalue weighted by Gasteiger charge is -2.35. The Balaban J connectivity index is 1.73. The van der Waals surface area contributed by atoms with Gasteiger partial charge in [-0.15, -0.1) is 0 Å². The second-order valence-electron chi connectivity index (χ2n) is 5.08. The van der Waals surface area contributed by atoms with E-state index in [0.717, 1.165) is 24.0 Å². The number of anilines is 2. The molecule has 2 aliphatic rings. The summed E-state index contributed by atoms with van der Waals surface area (Å²) in [5.74, 6) is 1.75. The van der Waals surface area contributed by atoms with E-state index < -0.39 is 0 Å². The third-order valence-corrected chi connectivity index (χ3v) is 4.11. The van der Waals surface area contributed by atoms with Gasteiger partial charge in [-0.3, -0.25) is 0 Å². The summed E-state index contributed by atoms with van der Waals surface area (Å²) in [6.07, 6.45) is 8.57. The van der Waals surface area contributed by atoms with Crippen molar-refractivity contribution in [3.05, 3.63) is 17.3 Å². The predicted molar refractivity (Wildman–Crippen MR) is 71.7 cm³/mol. The van der Waals surface area contributed by atoms with Crippen LogP contribution in [0.1, 0.15) is 32.1 Å². The monoisotopic (exact) mass is 251 g/mol. The molecule has 1 aliphatic heterocycles. The van der Waals surface area contributed by atoms with Gasteiger partial charge in [-0.05, 0) is 24.8 Å². The van der Waals surface area contributed by atoms with Gasteiger partial charge < -0.3 is 10.6 Å². The van der Waals surface area contributed by atoms with Gasteiger partial charge in [0.05, 0.1) is 10.7 Å². The van der Waals surface area contributed by atoms with E-state index in [4.69, 9.17) is 11.6 Å². The molecule has 1 aromatic heterocycles. The van der Waals surface area contributed by atoms with Crippen molar-refractivity contribution < 1.29 is 0 Å². The summed E-state index contributed by atoms with van der Waals surface area (Å²) in [4.78, 5) is 4.36. The summed E-state index contributed by atoms with van der Waals surface area (Å²) in [7, 11) is 0. The molecular formula is C13H18ClN3. The SMILES string of the molecule is Clc1cnc2c(c1)NCC(C1CCCCC1)N2. The van der Waals surface area contributed by atoms with Crippen LogP contribution in [0.4, 0.5) is 11.5 Å². The first-order valence-electron chi connectivity index (χ1n) is 6.49. The molecule has 0 radical (unpaired) electrons. The molecule has 0 aromatic carbocycles. The van der Waals surface area contributed by atoms with Gasteiger partial charge in [-0.2, -0.15) is 0 Å². The standard InChI is InChI=1S/C13H18ClN3/c14-10-6-11-13(16-7-10)17-12(8-15-11)9-4-2-1-3-5-9/h6-7,9,12,15H,1-5,8H2,(H,16,17). The molecule has 17 heavy (non-hydrogen) atoms. The summed E-state index contributed by atoms with van der Waals surface area (Å²) in [5.41, 5.74) is 1.03. The highest BCUT2D eigenvalue weighted by molar-refractivity contribution is 6.30. The number of halogens is 1. The molecule has 3 rings (SSSR count). The number of hydrogen-bond donors (Lipinski definition) is 2. The third-order valence-electron chi connectivity index (χ3n) is 3.91. The highest BCUT2D eigenvalue weighted by Gasteiger charge is 2.27. The highest BCUT2D eigenvalue weighted by atomic mass is 35.5. The normalized spacial score (nSPS) is 24.6. The molecule has 2 N–H and O–H groups in total. The smallest absolute Gasteiger partial charge is 0.149 e. The van der Waals surface area contributed by atoms with Crippen molar-refractivity contribution in [2.45, 2.75) is 38.1 Å². The number of rotatable bonds is 1. The van der Waals surface area contributed by atoms with Gasteiger partial charge in [-0.25, -0.2) is 4.98 Å². The number of aromatic nitrogens is 1. The Morgan fingerprint density at radius 3 is 2.88 bits per heavy atom. The molecule has 1 aromatic rings. The maximum absolute atomic E-state index is 5.93. The molecule has 0 saturated heterocycles. The molecule has 92 valence electrons. The number of nitrogens with zero attached hydrogens (tertiary/aromatic N) is 1. The van der Waals surface area contributed by atoms with Crippen LogP contribution in [0.15, 0.2) is 12.3 Å². The Morgan fingerprint density at radius 1 is 1.24 bits per heavy atom.